The van der Waals surface area contributed by atoms with Gasteiger partial charge in [0.2, 0.25) is 0 Å². The summed E-state index contributed by atoms with van der Waals surface area (Å²) in [5.74, 6) is -1.67. The lowest BCUT2D eigenvalue weighted by Crippen LogP contribution is -2.16. The molecule has 0 aliphatic heterocycles. The molecule has 1 aromatic heterocycles. The molecule has 110 valence electrons. The van der Waals surface area contributed by atoms with Crippen LogP contribution in [0.15, 0.2) is 22.5 Å². The highest BCUT2D eigenvalue weighted by Crippen LogP contribution is 2.27. The highest BCUT2D eigenvalue weighted by atomic mass is 16.5. The van der Waals surface area contributed by atoms with E-state index in [-0.39, 0.29) is 23.3 Å². The van der Waals surface area contributed by atoms with Crippen molar-refractivity contribution in [3.8, 4) is 5.88 Å². The molecular formula is C13H18N2O5. The highest BCUT2D eigenvalue weighted by molar-refractivity contribution is 5.75. The molecule has 0 saturated carbocycles. The molecule has 1 rings (SSSR count). The third-order valence-corrected chi connectivity index (χ3v) is 2.47. The van der Waals surface area contributed by atoms with Gasteiger partial charge in [0.15, 0.2) is 17.8 Å². The van der Waals surface area contributed by atoms with Crippen LogP contribution in [0.1, 0.15) is 25.5 Å². The van der Waals surface area contributed by atoms with E-state index in [9.17, 15) is 9.59 Å². The number of carboxylic acid groups (broad SMARTS) is 1. The van der Waals surface area contributed by atoms with Crippen LogP contribution in [0.5, 0.6) is 5.88 Å². The van der Waals surface area contributed by atoms with E-state index in [2.05, 4.69) is 5.16 Å². The van der Waals surface area contributed by atoms with Gasteiger partial charge in [-0.1, -0.05) is 13.8 Å². The van der Waals surface area contributed by atoms with E-state index < -0.39 is 11.9 Å². The summed E-state index contributed by atoms with van der Waals surface area (Å²) in [6.45, 7) is 3.54. The zero-order chi connectivity index (χ0) is 15.3. The van der Waals surface area contributed by atoms with Gasteiger partial charge in [0.05, 0.1) is 0 Å². The van der Waals surface area contributed by atoms with Crippen LogP contribution >= 0.6 is 0 Å². The average molecular weight is 282 g/mol. The van der Waals surface area contributed by atoms with Crippen LogP contribution in [-0.4, -0.2) is 41.5 Å². The van der Waals surface area contributed by atoms with Crippen molar-refractivity contribution < 1.29 is 24.0 Å². The molecule has 0 amide bonds. The molecule has 1 heterocycles. The monoisotopic (exact) mass is 282 g/mol. The van der Waals surface area contributed by atoms with Crippen molar-refractivity contribution in [1.82, 2.24) is 10.1 Å². The van der Waals surface area contributed by atoms with Crippen molar-refractivity contribution in [1.29, 1.82) is 0 Å². The van der Waals surface area contributed by atoms with Gasteiger partial charge in [-0.15, -0.1) is 0 Å². The second kappa shape index (κ2) is 6.74. The van der Waals surface area contributed by atoms with Crippen molar-refractivity contribution >= 4 is 12.3 Å². The molecule has 1 atom stereocenters. The number of ether oxygens (including phenoxy) is 1. The summed E-state index contributed by atoms with van der Waals surface area (Å²) in [7, 11) is 3.47. The molecule has 1 unspecified atom stereocenters. The van der Waals surface area contributed by atoms with E-state index in [0.717, 1.165) is 0 Å². The van der Waals surface area contributed by atoms with Crippen LogP contribution in [0.3, 0.4) is 0 Å². The van der Waals surface area contributed by atoms with Crippen LogP contribution in [0.25, 0.3) is 0 Å². The number of hydrogen-bond donors (Lipinski definition) is 1. The molecule has 0 spiro atoms. The average Bonchev–Trinajstić information content (AvgIpc) is 2.74. The fraction of sp³-hybridized carbons (Fsp3) is 0.462. The Labute approximate surface area is 116 Å². The number of allylic oxidation sites excluding steroid dienone is 1. The minimum Gasteiger partial charge on any atom is -0.481 e. The second-order valence-corrected chi connectivity index (χ2v) is 4.84. The molecule has 1 N–H and O–H groups in total. The summed E-state index contributed by atoms with van der Waals surface area (Å²) in [5, 5.41) is 12.8. The highest BCUT2D eigenvalue weighted by Gasteiger charge is 2.28. The van der Waals surface area contributed by atoms with E-state index in [0.29, 0.717) is 6.29 Å². The molecule has 0 saturated heterocycles. The first kappa shape index (κ1) is 15.7. The zero-order valence-electron chi connectivity index (χ0n) is 11.9. The maximum atomic E-state index is 11.2. The first-order chi connectivity index (χ1) is 9.35. The molecule has 0 aromatic carbocycles. The van der Waals surface area contributed by atoms with Crippen molar-refractivity contribution in [2.45, 2.75) is 19.8 Å². The van der Waals surface area contributed by atoms with Gasteiger partial charge in [-0.2, -0.15) is 0 Å². The summed E-state index contributed by atoms with van der Waals surface area (Å²) in [6.07, 6.45) is 2.00. The van der Waals surface area contributed by atoms with Gasteiger partial charge in [-0.3, -0.25) is 9.59 Å². The fourth-order valence-corrected chi connectivity index (χ4v) is 1.66. The lowest BCUT2D eigenvalue weighted by Gasteiger charge is -2.11. The summed E-state index contributed by atoms with van der Waals surface area (Å²) in [6, 6.07) is 1.38. The zero-order valence-corrected chi connectivity index (χ0v) is 11.9. The van der Waals surface area contributed by atoms with Crippen LogP contribution in [-0.2, 0) is 9.59 Å². The molecular weight excluding hydrogens is 264 g/mol. The van der Waals surface area contributed by atoms with Crippen LogP contribution in [0, 0.1) is 5.92 Å². The Kier molecular flexibility index (Phi) is 5.31. The molecule has 7 nitrogen and oxygen atoms in total. The molecule has 0 radical (unpaired) electrons. The third kappa shape index (κ3) is 4.11. The summed E-state index contributed by atoms with van der Waals surface area (Å²) in [4.78, 5) is 23.6. The maximum absolute atomic E-state index is 11.2. The molecule has 1 aromatic rings. The van der Waals surface area contributed by atoms with Gasteiger partial charge in [0, 0.05) is 26.4 Å². The number of carboxylic acids is 1. The topological polar surface area (TPSA) is 92.9 Å². The number of aromatic nitrogens is 1. The van der Waals surface area contributed by atoms with E-state index in [1.165, 1.54) is 12.3 Å². The molecule has 0 fully saturated rings. The molecule has 0 bridgehead atoms. The Morgan fingerprint density at radius 1 is 1.50 bits per heavy atom. The number of nitrogens with zero attached hydrogens (tertiary/aromatic N) is 2. The van der Waals surface area contributed by atoms with Gasteiger partial charge < -0.3 is 19.3 Å². The van der Waals surface area contributed by atoms with E-state index in [4.69, 9.17) is 14.4 Å². The van der Waals surface area contributed by atoms with Gasteiger partial charge >= 0.3 is 5.97 Å². The van der Waals surface area contributed by atoms with Crippen molar-refractivity contribution in [3.05, 3.63) is 23.8 Å². The Balaban J connectivity index is 2.92. The number of aliphatic carboxylic acids is 1. The number of hydrogen-bond acceptors (Lipinski definition) is 6. The SMILES string of the molecule is CC(C)C(C(=O)O)c1cc(OC(C=O)=CN(C)C)no1. The lowest BCUT2D eigenvalue weighted by molar-refractivity contribution is -0.140. The quantitative estimate of drug-likeness (QED) is 0.460. The normalized spacial score (nSPS) is 13.2. The number of carbonyl (C=O) groups excluding carboxylic acids is 1. The van der Waals surface area contributed by atoms with E-state index >= 15 is 0 Å². The Bertz CT molecular complexity index is 505. The van der Waals surface area contributed by atoms with Crippen LogP contribution in [0.4, 0.5) is 0 Å². The first-order valence-corrected chi connectivity index (χ1v) is 6.05. The van der Waals surface area contributed by atoms with Crippen molar-refractivity contribution in [2.24, 2.45) is 5.92 Å². The summed E-state index contributed by atoms with van der Waals surface area (Å²) in [5.41, 5.74) is 0. The molecule has 7 heteroatoms. The predicted octanol–water partition coefficient (Wildman–Crippen LogP) is 1.48. The lowest BCUT2D eigenvalue weighted by atomic mass is 9.94. The maximum Gasteiger partial charge on any atom is 0.314 e. The third-order valence-electron chi connectivity index (χ3n) is 2.47. The largest absolute Gasteiger partial charge is 0.481 e. The van der Waals surface area contributed by atoms with Crippen molar-refractivity contribution in [2.75, 3.05) is 14.1 Å². The first-order valence-electron chi connectivity index (χ1n) is 6.05. The van der Waals surface area contributed by atoms with Crippen molar-refractivity contribution in [3.63, 3.8) is 0 Å². The van der Waals surface area contributed by atoms with E-state index in [1.54, 1.807) is 32.8 Å². The van der Waals surface area contributed by atoms with Gasteiger partial charge in [-0.25, -0.2) is 0 Å². The number of carbonyl (C=O) groups is 2. The summed E-state index contributed by atoms with van der Waals surface area (Å²) < 4.78 is 10.2. The number of aldehydes is 1. The fourth-order valence-electron chi connectivity index (χ4n) is 1.66. The molecule has 0 aliphatic rings. The van der Waals surface area contributed by atoms with Gasteiger partial charge in [0.25, 0.3) is 5.88 Å². The van der Waals surface area contributed by atoms with Gasteiger partial charge in [0.1, 0.15) is 5.92 Å². The molecule has 20 heavy (non-hydrogen) atoms. The Morgan fingerprint density at radius 3 is 2.60 bits per heavy atom. The standard InChI is InChI=1S/C13H18N2O5/c1-8(2)12(13(17)18)10-5-11(14-20-10)19-9(7-16)6-15(3)4/h5-8,12H,1-4H3,(H,17,18). The van der Waals surface area contributed by atoms with E-state index in [1.807, 2.05) is 0 Å². The van der Waals surface area contributed by atoms with Crippen LogP contribution in [0.2, 0.25) is 0 Å². The summed E-state index contributed by atoms with van der Waals surface area (Å²) >= 11 is 0. The Morgan fingerprint density at radius 2 is 2.15 bits per heavy atom. The number of rotatable bonds is 7. The predicted molar refractivity (Wildman–Crippen MR) is 70.2 cm³/mol. The smallest absolute Gasteiger partial charge is 0.314 e. The van der Waals surface area contributed by atoms with Gasteiger partial charge in [-0.05, 0) is 11.1 Å². The minimum absolute atomic E-state index is 0.0475. The van der Waals surface area contributed by atoms with Crippen LogP contribution < -0.4 is 4.74 Å². The minimum atomic E-state index is -0.998. The Hall–Kier alpha value is -2.31. The molecule has 0 aliphatic carbocycles. The second-order valence-electron chi connectivity index (χ2n) is 4.84.